The molecule has 2 aromatic rings. The molecule has 0 amide bonds. The van der Waals surface area contributed by atoms with E-state index in [-0.39, 0.29) is 0 Å². The smallest absolute Gasteiger partial charge is 0.165 e. The molecule has 4 rings (SSSR count). The Balaban J connectivity index is 1.46. The number of hydrogen-bond acceptors (Lipinski definition) is 5. The van der Waals surface area contributed by atoms with E-state index in [4.69, 9.17) is 0 Å². The average Bonchev–Trinajstić information content (AvgIpc) is 3.12. The van der Waals surface area contributed by atoms with E-state index in [1.165, 1.54) is 37.7 Å². The van der Waals surface area contributed by atoms with Gasteiger partial charge in [-0.3, -0.25) is 9.58 Å². The second-order valence-electron chi connectivity index (χ2n) is 6.63. The molecule has 1 saturated heterocycles. The van der Waals surface area contributed by atoms with Gasteiger partial charge in [0.25, 0.3) is 0 Å². The van der Waals surface area contributed by atoms with Crippen molar-refractivity contribution in [2.24, 2.45) is 0 Å². The zero-order chi connectivity index (χ0) is 14.9. The highest BCUT2D eigenvalue weighted by molar-refractivity contribution is 5.00. The van der Waals surface area contributed by atoms with Crippen molar-refractivity contribution < 1.29 is 0 Å². The van der Waals surface area contributed by atoms with Gasteiger partial charge in [-0.1, -0.05) is 6.42 Å². The van der Waals surface area contributed by atoms with Crippen LogP contribution in [-0.2, 0) is 13.1 Å². The van der Waals surface area contributed by atoms with Crippen molar-refractivity contribution in [3.8, 4) is 0 Å². The summed E-state index contributed by atoms with van der Waals surface area (Å²) in [6, 6.07) is 1.07. The minimum Gasteiger partial charge on any atom is -0.291 e. The maximum absolute atomic E-state index is 4.44. The number of piperidine rings is 1. The largest absolute Gasteiger partial charge is 0.291 e. The Bertz CT molecular complexity index is 627. The van der Waals surface area contributed by atoms with E-state index < -0.39 is 0 Å². The van der Waals surface area contributed by atoms with Gasteiger partial charge in [0.15, 0.2) is 5.82 Å². The molecule has 7 nitrogen and oxygen atoms in total. The average molecular weight is 301 g/mol. The van der Waals surface area contributed by atoms with Gasteiger partial charge in [-0.15, -0.1) is 5.10 Å². The summed E-state index contributed by atoms with van der Waals surface area (Å²) < 4.78 is 4.10. The quantitative estimate of drug-likeness (QED) is 0.838. The molecule has 0 radical (unpaired) electrons. The van der Waals surface area contributed by atoms with Gasteiger partial charge in [0.1, 0.15) is 0 Å². The maximum Gasteiger partial charge on any atom is 0.165 e. The first kappa shape index (κ1) is 13.9. The molecule has 2 aliphatic rings. The number of hydrogen-bond donors (Lipinski definition) is 0. The predicted molar refractivity (Wildman–Crippen MR) is 81.1 cm³/mol. The van der Waals surface area contributed by atoms with Gasteiger partial charge < -0.3 is 0 Å². The molecule has 118 valence electrons. The van der Waals surface area contributed by atoms with Crippen LogP contribution in [-0.4, -0.2) is 47.5 Å². The molecule has 1 aliphatic heterocycles. The van der Waals surface area contributed by atoms with Crippen LogP contribution in [0.25, 0.3) is 0 Å². The normalized spacial score (nSPS) is 23.0. The molecule has 0 aromatic carbocycles. The minimum absolute atomic E-state index is 0.525. The topological polar surface area (TPSA) is 64.7 Å². The van der Waals surface area contributed by atoms with Gasteiger partial charge in [0.05, 0.1) is 25.3 Å². The number of nitrogens with zero attached hydrogens (tertiary/aromatic N) is 7. The molecule has 0 spiro atoms. The summed E-state index contributed by atoms with van der Waals surface area (Å²) in [6.45, 7) is 5.03. The lowest BCUT2D eigenvalue weighted by Crippen LogP contribution is -2.42. The van der Waals surface area contributed by atoms with Crippen molar-refractivity contribution in [1.82, 2.24) is 34.9 Å². The third-order valence-corrected chi connectivity index (χ3v) is 4.71. The molecular weight excluding hydrogens is 278 g/mol. The Labute approximate surface area is 130 Å². The first-order valence-corrected chi connectivity index (χ1v) is 8.29. The minimum atomic E-state index is 0.525. The highest BCUT2D eigenvalue weighted by atomic mass is 15.6. The summed E-state index contributed by atoms with van der Waals surface area (Å²) in [4.78, 5) is 2.53. The van der Waals surface area contributed by atoms with Crippen LogP contribution in [0.5, 0.6) is 0 Å². The van der Waals surface area contributed by atoms with Gasteiger partial charge in [-0.25, -0.2) is 4.68 Å². The standard InChI is InChI=1S/C15H23N7/c1-12-8-16-21(9-12)10-14-4-2-3-7-20(14)11-15-17-18-19-22(15)13-5-6-13/h8-9,13-14H,2-7,10-11H2,1H3/t14-/m1/s1. The van der Waals surface area contributed by atoms with Crippen molar-refractivity contribution in [3.63, 3.8) is 0 Å². The van der Waals surface area contributed by atoms with Gasteiger partial charge in [0, 0.05) is 12.2 Å². The van der Waals surface area contributed by atoms with Crippen LogP contribution in [0.2, 0.25) is 0 Å². The predicted octanol–water partition coefficient (Wildman–Crippen LogP) is 1.57. The zero-order valence-electron chi connectivity index (χ0n) is 13.1. The van der Waals surface area contributed by atoms with Crippen LogP contribution >= 0.6 is 0 Å². The SMILES string of the molecule is Cc1cnn(C[C@H]2CCCCN2Cc2nnnn2C2CC2)c1. The molecule has 0 unspecified atom stereocenters. The lowest BCUT2D eigenvalue weighted by Gasteiger charge is -2.35. The van der Waals surface area contributed by atoms with Crippen molar-refractivity contribution >= 4 is 0 Å². The lowest BCUT2D eigenvalue weighted by atomic mass is 10.0. The van der Waals surface area contributed by atoms with Crippen LogP contribution in [0.4, 0.5) is 0 Å². The third kappa shape index (κ3) is 2.90. The van der Waals surface area contributed by atoms with Gasteiger partial charge >= 0.3 is 0 Å². The first-order chi connectivity index (χ1) is 10.8. The summed E-state index contributed by atoms with van der Waals surface area (Å²) in [5.41, 5.74) is 1.22. The van der Waals surface area contributed by atoms with E-state index in [9.17, 15) is 0 Å². The molecule has 2 aromatic heterocycles. The Morgan fingerprint density at radius 3 is 2.91 bits per heavy atom. The van der Waals surface area contributed by atoms with Gasteiger partial charge in [-0.2, -0.15) is 5.10 Å². The van der Waals surface area contributed by atoms with Crippen molar-refractivity contribution in [2.45, 2.75) is 64.2 Å². The number of aryl methyl sites for hydroxylation is 1. The molecule has 0 N–H and O–H groups in total. The molecular formula is C15H23N7. The van der Waals surface area contributed by atoms with E-state index in [1.807, 2.05) is 10.9 Å². The summed E-state index contributed by atoms with van der Waals surface area (Å²) in [7, 11) is 0. The number of aromatic nitrogens is 6. The van der Waals surface area contributed by atoms with Crippen LogP contribution < -0.4 is 0 Å². The van der Waals surface area contributed by atoms with E-state index in [0.717, 1.165) is 25.5 Å². The second-order valence-corrected chi connectivity index (χ2v) is 6.63. The van der Waals surface area contributed by atoms with Crippen LogP contribution in [0, 0.1) is 6.92 Å². The summed E-state index contributed by atoms with van der Waals surface area (Å²) in [6.07, 6.45) is 10.3. The van der Waals surface area contributed by atoms with E-state index >= 15 is 0 Å². The lowest BCUT2D eigenvalue weighted by molar-refractivity contribution is 0.117. The number of rotatable bonds is 5. The molecule has 0 bridgehead atoms. The monoisotopic (exact) mass is 301 g/mol. The van der Waals surface area contributed by atoms with E-state index in [2.05, 4.69) is 43.3 Å². The molecule has 1 atom stereocenters. The zero-order valence-corrected chi connectivity index (χ0v) is 13.1. The van der Waals surface area contributed by atoms with Crippen LogP contribution in [0.3, 0.4) is 0 Å². The number of likely N-dealkylation sites (tertiary alicyclic amines) is 1. The van der Waals surface area contributed by atoms with Crippen LogP contribution in [0.15, 0.2) is 12.4 Å². The van der Waals surface area contributed by atoms with E-state index in [0.29, 0.717) is 12.1 Å². The summed E-state index contributed by atoms with van der Waals surface area (Å²) >= 11 is 0. The Hall–Kier alpha value is -1.76. The third-order valence-electron chi connectivity index (χ3n) is 4.71. The van der Waals surface area contributed by atoms with Crippen LogP contribution in [0.1, 0.15) is 49.5 Å². The molecule has 22 heavy (non-hydrogen) atoms. The fourth-order valence-corrected chi connectivity index (χ4v) is 3.36. The maximum atomic E-state index is 4.44. The first-order valence-electron chi connectivity index (χ1n) is 8.29. The molecule has 7 heteroatoms. The van der Waals surface area contributed by atoms with Crippen molar-refractivity contribution in [2.75, 3.05) is 6.54 Å². The summed E-state index contributed by atoms with van der Waals surface area (Å²) in [5, 5.41) is 16.7. The van der Waals surface area contributed by atoms with E-state index in [1.54, 1.807) is 0 Å². The van der Waals surface area contributed by atoms with Gasteiger partial charge in [0.2, 0.25) is 0 Å². The second kappa shape index (κ2) is 5.79. The highest BCUT2D eigenvalue weighted by Gasteiger charge is 2.30. The Morgan fingerprint density at radius 1 is 1.23 bits per heavy atom. The summed E-state index contributed by atoms with van der Waals surface area (Å²) in [5.74, 6) is 1.02. The van der Waals surface area contributed by atoms with Gasteiger partial charge in [-0.05, 0) is 55.1 Å². The molecule has 3 heterocycles. The Morgan fingerprint density at radius 2 is 2.14 bits per heavy atom. The van der Waals surface area contributed by atoms with Crippen molar-refractivity contribution in [3.05, 3.63) is 23.8 Å². The molecule has 1 aliphatic carbocycles. The number of tetrazole rings is 1. The Kier molecular flexibility index (Phi) is 3.65. The molecule has 1 saturated carbocycles. The molecule has 2 fully saturated rings. The fraction of sp³-hybridized carbons (Fsp3) is 0.733. The van der Waals surface area contributed by atoms with Crippen molar-refractivity contribution in [1.29, 1.82) is 0 Å². The highest BCUT2D eigenvalue weighted by Crippen LogP contribution is 2.34. The fourth-order valence-electron chi connectivity index (χ4n) is 3.36.